The van der Waals surface area contributed by atoms with Crippen LogP contribution >= 0.6 is 0 Å². The van der Waals surface area contributed by atoms with Gasteiger partial charge < -0.3 is 20.3 Å². The number of nitrogens with zero attached hydrogens (tertiary/aromatic N) is 3. The number of urea groups is 1. The van der Waals surface area contributed by atoms with Crippen molar-refractivity contribution in [3.8, 4) is 11.4 Å². The summed E-state index contributed by atoms with van der Waals surface area (Å²) in [4.78, 5) is 27.5. The summed E-state index contributed by atoms with van der Waals surface area (Å²) < 4.78 is 33.8. The number of anilines is 2. The van der Waals surface area contributed by atoms with Crippen molar-refractivity contribution in [2.75, 3.05) is 30.8 Å². The van der Waals surface area contributed by atoms with Crippen LogP contribution in [-0.4, -0.2) is 46.8 Å². The lowest BCUT2D eigenvalue weighted by molar-refractivity contribution is -0.116. The van der Waals surface area contributed by atoms with Crippen LogP contribution in [0.2, 0.25) is 0 Å². The predicted molar refractivity (Wildman–Crippen MR) is 144 cm³/mol. The van der Waals surface area contributed by atoms with Gasteiger partial charge in [0, 0.05) is 29.8 Å². The smallest absolute Gasteiger partial charge is 0.322 e. The molecule has 0 saturated heterocycles. The Hall–Kier alpha value is -3.95. The molecular weight excluding hydrogens is 492 g/mol. The van der Waals surface area contributed by atoms with Crippen LogP contribution in [0.3, 0.4) is 0 Å². The van der Waals surface area contributed by atoms with Crippen molar-refractivity contribution < 1.29 is 23.1 Å². The van der Waals surface area contributed by atoms with Gasteiger partial charge in [-0.15, -0.1) is 0 Å². The Kier molecular flexibility index (Phi) is 9.08. The predicted octanol–water partition coefficient (Wildman–Crippen LogP) is 5.98. The summed E-state index contributed by atoms with van der Waals surface area (Å²) >= 11 is 0. The standard InChI is InChI=1S/C28H35F2N5O3/c1-18(2)13-14-34(27(37)31-19-7-12-22(29)23(30)15-19)17-26(36)32-25-16-24(28(3,4)5)33-35(25)20-8-10-21(38-6)11-9-20/h7-12,15-16,18H,13-14,17H2,1-6H3,(H,31,37)(H,32,36). The van der Waals surface area contributed by atoms with E-state index in [-0.39, 0.29) is 23.6 Å². The van der Waals surface area contributed by atoms with Crippen molar-refractivity contribution in [1.82, 2.24) is 14.7 Å². The summed E-state index contributed by atoms with van der Waals surface area (Å²) in [5, 5.41) is 10.1. The van der Waals surface area contributed by atoms with Crippen LogP contribution in [0.5, 0.6) is 5.75 Å². The lowest BCUT2D eigenvalue weighted by atomic mass is 9.92. The summed E-state index contributed by atoms with van der Waals surface area (Å²) in [6, 6.07) is 11.6. The summed E-state index contributed by atoms with van der Waals surface area (Å²) in [6.07, 6.45) is 0.649. The number of carbonyl (C=O) groups excluding carboxylic acids is 2. The fraction of sp³-hybridized carbons (Fsp3) is 0.393. The minimum atomic E-state index is -1.07. The van der Waals surface area contributed by atoms with Gasteiger partial charge in [-0.2, -0.15) is 5.10 Å². The van der Waals surface area contributed by atoms with E-state index in [1.54, 1.807) is 23.9 Å². The van der Waals surface area contributed by atoms with E-state index in [0.29, 0.717) is 24.5 Å². The second-order valence-electron chi connectivity index (χ2n) is 10.5. The third-order valence-corrected chi connectivity index (χ3v) is 5.83. The second-order valence-corrected chi connectivity index (χ2v) is 10.5. The molecular formula is C28H35F2N5O3. The van der Waals surface area contributed by atoms with Crippen LogP contribution in [0.15, 0.2) is 48.5 Å². The maximum atomic E-state index is 13.6. The highest BCUT2D eigenvalue weighted by Crippen LogP contribution is 2.27. The molecule has 0 spiro atoms. The molecule has 0 fully saturated rings. The van der Waals surface area contributed by atoms with Gasteiger partial charge in [-0.25, -0.2) is 18.3 Å². The average Bonchev–Trinajstić information content (AvgIpc) is 3.28. The van der Waals surface area contributed by atoms with Crippen molar-refractivity contribution in [3.63, 3.8) is 0 Å². The topological polar surface area (TPSA) is 88.5 Å². The van der Waals surface area contributed by atoms with Crippen molar-refractivity contribution in [2.45, 2.75) is 46.5 Å². The molecule has 2 N–H and O–H groups in total. The molecule has 0 aliphatic rings. The first-order chi connectivity index (χ1) is 17.9. The quantitative estimate of drug-likeness (QED) is 0.359. The number of amides is 3. The van der Waals surface area contributed by atoms with E-state index in [0.717, 1.165) is 23.5 Å². The molecule has 0 bridgehead atoms. The van der Waals surface area contributed by atoms with Crippen molar-refractivity contribution in [3.05, 3.63) is 65.9 Å². The molecule has 0 aliphatic carbocycles. The van der Waals surface area contributed by atoms with Gasteiger partial charge in [0.2, 0.25) is 5.91 Å². The average molecular weight is 528 g/mol. The monoisotopic (exact) mass is 527 g/mol. The van der Waals surface area contributed by atoms with E-state index in [1.165, 1.54) is 11.0 Å². The molecule has 0 unspecified atom stereocenters. The van der Waals surface area contributed by atoms with E-state index in [9.17, 15) is 18.4 Å². The zero-order valence-corrected chi connectivity index (χ0v) is 22.6. The molecule has 2 aromatic carbocycles. The lowest BCUT2D eigenvalue weighted by Gasteiger charge is -2.23. The Morgan fingerprint density at radius 1 is 1.03 bits per heavy atom. The summed E-state index contributed by atoms with van der Waals surface area (Å²) in [7, 11) is 1.58. The number of benzene rings is 2. The maximum Gasteiger partial charge on any atom is 0.322 e. The van der Waals surface area contributed by atoms with Gasteiger partial charge in [-0.1, -0.05) is 34.6 Å². The number of aromatic nitrogens is 2. The highest BCUT2D eigenvalue weighted by atomic mass is 19.2. The van der Waals surface area contributed by atoms with Crippen LogP contribution in [0.25, 0.3) is 5.69 Å². The number of nitrogens with one attached hydrogen (secondary N) is 2. The molecule has 3 rings (SSSR count). The van der Waals surface area contributed by atoms with Crippen molar-refractivity contribution in [1.29, 1.82) is 0 Å². The van der Waals surface area contributed by atoms with Crippen LogP contribution in [0, 0.1) is 17.6 Å². The highest BCUT2D eigenvalue weighted by molar-refractivity contribution is 5.96. The summed E-state index contributed by atoms with van der Waals surface area (Å²) in [6.45, 7) is 10.1. The Balaban J connectivity index is 1.82. The van der Waals surface area contributed by atoms with Gasteiger partial charge in [-0.3, -0.25) is 4.79 Å². The fourth-order valence-corrected chi connectivity index (χ4v) is 3.56. The van der Waals surface area contributed by atoms with Crippen LogP contribution in [0.1, 0.15) is 46.7 Å². The van der Waals surface area contributed by atoms with E-state index in [2.05, 4.69) is 10.6 Å². The van der Waals surface area contributed by atoms with E-state index in [1.807, 2.05) is 52.8 Å². The number of ether oxygens (including phenoxy) is 1. The molecule has 3 aromatic rings. The number of rotatable bonds is 9. The minimum Gasteiger partial charge on any atom is -0.497 e. The third kappa shape index (κ3) is 7.53. The molecule has 0 saturated carbocycles. The normalized spacial score (nSPS) is 11.4. The Labute approximate surface area is 222 Å². The Morgan fingerprint density at radius 3 is 2.29 bits per heavy atom. The molecule has 0 atom stereocenters. The molecule has 0 radical (unpaired) electrons. The lowest BCUT2D eigenvalue weighted by Crippen LogP contribution is -2.41. The van der Waals surface area contributed by atoms with Gasteiger partial charge >= 0.3 is 6.03 Å². The summed E-state index contributed by atoms with van der Waals surface area (Å²) in [5.74, 6) is -1.09. The number of carbonyl (C=O) groups is 2. The van der Waals surface area contributed by atoms with Crippen LogP contribution < -0.4 is 15.4 Å². The molecule has 8 nitrogen and oxygen atoms in total. The largest absolute Gasteiger partial charge is 0.497 e. The molecule has 3 amide bonds. The Morgan fingerprint density at radius 2 is 1.71 bits per heavy atom. The molecule has 38 heavy (non-hydrogen) atoms. The molecule has 1 heterocycles. The highest BCUT2D eigenvalue weighted by Gasteiger charge is 2.23. The number of hydrogen-bond donors (Lipinski definition) is 2. The zero-order chi connectivity index (χ0) is 28.0. The van der Waals surface area contributed by atoms with Crippen LogP contribution in [0.4, 0.5) is 25.1 Å². The van der Waals surface area contributed by atoms with Crippen molar-refractivity contribution in [2.24, 2.45) is 5.92 Å². The first kappa shape index (κ1) is 28.6. The molecule has 1 aromatic heterocycles. The molecule has 0 aliphatic heterocycles. The van der Waals surface area contributed by atoms with Gasteiger partial charge in [0.05, 0.1) is 18.5 Å². The van der Waals surface area contributed by atoms with Gasteiger partial charge in [0.1, 0.15) is 18.1 Å². The van der Waals surface area contributed by atoms with E-state index in [4.69, 9.17) is 9.84 Å². The van der Waals surface area contributed by atoms with Crippen molar-refractivity contribution >= 4 is 23.4 Å². The Bertz CT molecular complexity index is 1270. The van der Waals surface area contributed by atoms with Gasteiger partial charge in [0.15, 0.2) is 11.6 Å². The van der Waals surface area contributed by atoms with Gasteiger partial charge in [0.25, 0.3) is 0 Å². The number of hydrogen-bond acceptors (Lipinski definition) is 4. The zero-order valence-electron chi connectivity index (χ0n) is 22.6. The van der Waals surface area contributed by atoms with Crippen LogP contribution in [-0.2, 0) is 10.2 Å². The number of methoxy groups -OCH3 is 1. The SMILES string of the molecule is COc1ccc(-n2nc(C(C)(C)C)cc2NC(=O)CN(CCC(C)C)C(=O)Nc2ccc(F)c(F)c2)cc1. The maximum absolute atomic E-state index is 13.6. The molecule has 10 heteroatoms. The van der Waals surface area contributed by atoms with Gasteiger partial charge in [-0.05, 0) is 48.7 Å². The summed E-state index contributed by atoms with van der Waals surface area (Å²) in [5.41, 5.74) is 1.32. The first-order valence-electron chi connectivity index (χ1n) is 12.4. The van der Waals surface area contributed by atoms with E-state index >= 15 is 0 Å². The van der Waals surface area contributed by atoms with E-state index < -0.39 is 23.6 Å². The number of halogens is 2. The minimum absolute atomic E-state index is 0.0938. The third-order valence-electron chi connectivity index (χ3n) is 5.83. The fourth-order valence-electron chi connectivity index (χ4n) is 3.56. The first-order valence-corrected chi connectivity index (χ1v) is 12.4. The second kappa shape index (κ2) is 12.1. The molecule has 204 valence electrons.